The number of halogens is 1. The molecule has 0 amide bonds. The highest BCUT2D eigenvalue weighted by molar-refractivity contribution is 6.17. The minimum absolute atomic E-state index is 0.00891. The van der Waals surface area contributed by atoms with Crippen molar-refractivity contribution < 1.29 is 0 Å². The Morgan fingerprint density at radius 1 is 1.38 bits per heavy atom. The Hall–Kier alpha value is -0.830. The van der Waals surface area contributed by atoms with Crippen LogP contribution in [-0.4, -0.2) is 21.4 Å². The molecule has 1 heterocycles. The highest BCUT2D eigenvalue weighted by Gasteiger charge is 2.21. The summed E-state index contributed by atoms with van der Waals surface area (Å²) in [6.07, 6.45) is 1.94. The van der Waals surface area contributed by atoms with Gasteiger partial charge in [-0.2, -0.15) is 0 Å². The largest absolute Gasteiger partial charge is 0.365 e. The summed E-state index contributed by atoms with van der Waals surface area (Å²) in [6.45, 7) is 8.20. The fourth-order valence-electron chi connectivity index (χ4n) is 1.63. The van der Waals surface area contributed by atoms with Crippen molar-refractivity contribution in [3.05, 3.63) is 17.6 Å². The molecule has 0 saturated heterocycles. The number of hydrogen-bond acceptors (Lipinski definition) is 3. The Kier molecular flexibility index (Phi) is 4.54. The van der Waals surface area contributed by atoms with Crippen molar-refractivity contribution in [2.75, 3.05) is 11.2 Å². The first-order valence-electron chi connectivity index (χ1n) is 5.65. The van der Waals surface area contributed by atoms with Crippen LogP contribution in [0.2, 0.25) is 0 Å². The summed E-state index contributed by atoms with van der Waals surface area (Å²) in [5.74, 6) is 2.34. The zero-order chi connectivity index (χ0) is 12.2. The number of aryl methyl sites for hydroxylation is 2. The van der Waals surface area contributed by atoms with E-state index in [0.717, 1.165) is 30.2 Å². The standard InChI is InChI=1S/C12H20ClN3/c1-5-12(4,6-7-13)16-11-8-9(2)14-10(3)15-11/h8H,5-7H2,1-4H3,(H,14,15,16). The second kappa shape index (κ2) is 5.48. The Bertz CT molecular complexity index is 334. The van der Waals surface area contributed by atoms with Crippen molar-refractivity contribution in [2.45, 2.75) is 46.1 Å². The molecular weight excluding hydrogens is 222 g/mol. The lowest BCUT2D eigenvalue weighted by Gasteiger charge is -2.29. The number of rotatable bonds is 5. The van der Waals surface area contributed by atoms with Gasteiger partial charge < -0.3 is 5.32 Å². The van der Waals surface area contributed by atoms with E-state index in [1.807, 2.05) is 19.9 Å². The number of hydrogen-bond donors (Lipinski definition) is 1. The van der Waals surface area contributed by atoms with Crippen LogP contribution in [0, 0.1) is 13.8 Å². The minimum atomic E-state index is 0.00891. The lowest BCUT2D eigenvalue weighted by Crippen LogP contribution is -2.35. The maximum atomic E-state index is 5.82. The maximum absolute atomic E-state index is 5.82. The smallest absolute Gasteiger partial charge is 0.130 e. The summed E-state index contributed by atoms with van der Waals surface area (Å²) in [7, 11) is 0. The molecule has 4 heteroatoms. The molecule has 1 rings (SSSR count). The molecule has 0 aliphatic rings. The average molecular weight is 242 g/mol. The third kappa shape index (κ3) is 3.63. The number of nitrogens with zero attached hydrogens (tertiary/aromatic N) is 2. The molecule has 3 nitrogen and oxygen atoms in total. The lowest BCUT2D eigenvalue weighted by molar-refractivity contribution is 0.479. The van der Waals surface area contributed by atoms with Gasteiger partial charge in [-0.05, 0) is 33.6 Å². The van der Waals surface area contributed by atoms with Crippen LogP contribution < -0.4 is 5.32 Å². The molecule has 1 aromatic rings. The highest BCUT2D eigenvalue weighted by atomic mass is 35.5. The molecule has 0 aromatic carbocycles. The van der Waals surface area contributed by atoms with Gasteiger partial charge in [0.1, 0.15) is 11.6 Å². The van der Waals surface area contributed by atoms with Gasteiger partial charge in [-0.1, -0.05) is 6.92 Å². The predicted octanol–water partition coefficient (Wildman–Crippen LogP) is 3.30. The predicted molar refractivity (Wildman–Crippen MR) is 69.2 cm³/mol. The van der Waals surface area contributed by atoms with Crippen molar-refractivity contribution in [3.8, 4) is 0 Å². The molecule has 0 spiro atoms. The summed E-state index contributed by atoms with van der Waals surface area (Å²) in [5.41, 5.74) is 0.994. The quantitative estimate of drug-likeness (QED) is 0.804. The van der Waals surface area contributed by atoms with Gasteiger partial charge in [0.25, 0.3) is 0 Å². The molecule has 1 atom stereocenters. The molecule has 1 unspecified atom stereocenters. The van der Waals surface area contributed by atoms with Crippen LogP contribution in [0.1, 0.15) is 38.2 Å². The van der Waals surface area contributed by atoms with Crippen LogP contribution in [0.4, 0.5) is 5.82 Å². The molecule has 0 fully saturated rings. The molecular formula is C12H20ClN3. The van der Waals surface area contributed by atoms with Gasteiger partial charge in [-0.25, -0.2) is 9.97 Å². The molecule has 90 valence electrons. The van der Waals surface area contributed by atoms with Gasteiger partial charge in [0, 0.05) is 23.2 Å². The zero-order valence-corrected chi connectivity index (χ0v) is 11.2. The SMILES string of the molecule is CCC(C)(CCCl)Nc1cc(C)nc(C)n1. The molecule has 0 saturated carbocycles. The maximum Gasteiger partial charge on any atom is 0.130 e. The van der Waals surface area contributed by atoms with E-state index in [4.69, 9.17) is 11.6 Å². The van der Waals surface area contributed by atoms with Gasteiger partial charge in [-0.3, -0.25) is 0 Å². The Morgan fingerprint density at radius 3 is 2.56 bits per heavy atom. The van der Waals surface area contributed by atoms with E-state index >= 15 is 0 Å². The van der Waals surface area contributed by atoms with Crippen LogP contribution in [0.25, 0.3) is 0 Å². The van der Waals surface area contributed by atoms with Gasteiger partial charge in [0.05, 0.1) is 0 Å². The van der Waals surface area contributed by atoms with Crippen molar-refractivity contribution in [2.24, 2.45) is 0 Å². The number of alkyl halides is 1. The molecule has 1 N–H and O–H groups in total. The van der Waals surface area contributed by atoms with Crippen molar-refractivity contribution in [1.82, 2.24) is 9.97 Å². The van der Waals surface area contributed by atoms with Gasteiger partial charge in [0.15, 0.2) is 0 Å². The summed E-state index contributed by atoms with van der Waals surface area (Å²) in [6, 6.07) is 1.97. The highest BCUT2D eigenvalue weighted by Crippen LogP contribution is 2.21. The first kappa shape index (κ1) is 13.2. The second-order valence-corrected chi connectivity index (χ2v) is 4.80. The van der Waals surface area contributed by atoms with Gasteiger partial charge in [-0.15, -0.1) is 11.6 Å². The summed E-state index contributed by atoms with van der Waals surface area (Å²) in [4.78, 5) is 8.64. The van der Waals surface area contributed by atoms with Crippen LogP contribution in [0.5, 0.6) is 0 Å². The van der Waals surface area contributed by atoms with Crippen LogP contribution in [0.3, 0.4) is 0 Å². The molecule has 16 heavy (non-hydrogen) atoms. The number of anilines is 1. The van der Waals surface area contributed by atoms with Crippen LogP contribution in [0.15, 0.2) is 6.07 Å². The van der Waals surface area contributed by atoms with E-state index in [-0.39, 0.29) is 5.54 Å². The fourth-order valence-corrected chi connectivity index (χ4v) is 2.04. The molecule has 0 aliphatic carbocycles. The van der Waals surface area contributed by atoms with E-state index in [9.17, 15) is 0 Å². The van der Waals surface area contributed by atoms with E-state index in [1.165, 1.54) is 0 Å². The molecule has 0 aliphatic heterocycles. The van der Waals surface area contributed by atoms with E-state index in [2.05, 4.69) is 29.1 Å². The van der Waals surface area contributed by atoms with Gasteiger partial charge >= 0.3 is 0 Å². The van der Waals surface area contributed by atoms with E-state index in [0.29, 0.717) is 5.88 Å². The van der Waals surface area contributed by atoms with Crippen LogP contribution >= 0.6 is 11.6 Å². The Labute approximate surface area is 103 Å². The monoisotopic (exact) mass is 241 g/mol. The van der Waals surface area contributed by atoms with Crippen LogP contribution in [-0.2, 0) is 0 Å². The molecule has 0 bridgehead atoms. The van der Waals surface area contributed by atoms with E-state index in [1.54, 1.807) is 0 Å². The number of nitrogens with one attached hydrogen (secondary N) is 1. The van der Waals surface area contributed by atoms with Crippen molar-refractivity contribution in [3.63, 3.8) is 0 Å². The summed E-state index contributed by atoms with van der Waals surface area (Å²) >= 11 is 5.82. The Morgan fingerprint density at radius 2 is 2.06 bits per heavy atom. The first-order chi connectivity index (χ1) is 7.49. The number of aromatic nitrogens is 2. The third-order valence-electron chi connectivity index (χ3n) is 2.82. The molecule has 1 aromatic heterocycles. The van der Waals surface area contributed by atoms with Crippen molar-refractivity contribution >= 4 is 17.4 Å². The zero-order valence-electron chi connectivity index (χ0n) is 10.5. The van der Waals surface area contributed by atoms with Crippen molar-refractivity contribution in [1.29, 1.82) is 0 Å². The second-order valence-electron chi connectivity index (χ2n) is 4.42. The lowest BCUT2D eigenvalue weighted by atomic mass is 9.95. The fraction of sp³-hybridized carbons (Fsp3) is 0.667. The minimum Gasteiger partial charge on any atom is -0.365 e. The first-order valence-corrected chi connectivity index (χ1v) is 6.19. The normalized spacial score (nSPS) is 14.6. The third-order valence-corrected chi connectivity index (χ3v) is 3.01. The summed E-state index contributed by atoms with van der Waals surface area (Å²) < 4.78 is 0. The average Bonchev–Trinajstić information content (AvgIpc) is 2.16. The molecule has 0 radical (unpaired) electrons. The Balaban J connectivity index is 2.85. The van der Waals surface area contributed by atoms with E-state index < -0.39 is 0 Å². The topological polar surface area (TPSA) is 37.8 Å². The summed E-state index contributed by atoms with van der Waals surface area (Å²) in [5, 5.41) is 3.45. The van der Waals surface area contributed by atoms with Gasteiger partial charge in [0.2, 0.25) is 0 Å².